The number of rotatable bonds is 6. The van der Waals surface area contributed by atoms with Crippen LogP contribution in [0, 0.1) is 12.2 Å². The molecule has 0 aromatic carbocycles. The van der Waals surface area contributed by atoms with Crippen LogP contribution in [0.15, 0.2) is 34.4 Å². The molecule has 0 aromatic heterocycles. The van der Waals surface area contributed by atoms with Gasteiger partial charge in [0, 0.05) is 0 Å². The molecule has 2 aliphatic rings. The number of unbranched alkanes of at least 4 members (excludes halogenated alkanes) is 2. The summed E-state index contributed by atoms with van der Waals surface area (Å²) in [6.07, 6.45) is 21.0. The van der Waals surface area contributed by atoms with Gasteiger partial charge in [-0.2, -0.15) is 12.2 Å². The van der Waals surface area contributed by atoms with E-state index in [0.29, 0.717) is 0 Å². The molecule has 2 aliphatic carbocycles. The minimum absolute atomic E-state index is 0. The van der Waals surface area contributed by atoms with Crippen molar-refractivity contribution in [3.63, 3.8) is 0 Å². The Bertz CT molecular complexity index is 377. The van der Waals surface area contributed by atoms with E-state index in [2.05, 4.69) is 52.0 Å². The molecule has 0 amide bonds. The van der Waals surface area contributed by atoms with Crippen LogP contribution in [0.5, 0.6) is 0 Å². The largest absolute Gasteiger partial charge is 4.00 e. The molecule has 0 bridgehead atoms. The smallest absolute Gasteiger partial charge is 1.00 e. The average Bonchev–Trinajstić information content (AvgIpc) is 3.04. The van der Waals surface area contributed by atoms with E-state index in [4.69, 9.17) is 0 Å². The van der Waals surface area contributed by atoms with Crippen molar-refractivity contribution in [2.24, 2.45) is 0 Å². The maximum absolute atomic E-state index is 3.37. The molecule has 0 heterocycles. The van der Waals surface area contributed by atoms with Crippen LogP contribution in [0.4, 0.5) is 0 Å². The van der Waals surface area contributed by atoms with Gasteiger partial charge in [-0.1, -0.05) is 52.4 Å². The summed E-state index contributed by atoms with van der Waals surface area (Å²) in [5.41, 5.74) is 5.82. The Morgan fingerprint density at radius 2 is 1.13 bits per heavy atom. The zero-order valence-electron chi connectivity index (χ0n) is 15.1. The van der Waals surface area contributed by atoms with Crippen molar-refractivity contribution in [1.82, 2.24) is 0 Å². The van der Waals surface area contributed by atoms with Crippen LogP contribution in [0.25, 0.3) is 0 Å². The van der Waals surface area contributed by atoms with Gasteiger partial charge in [-0.3, -0.25) is 12.2 Å². The van der Waals surface area contributed by atoms with Crippen molar-refractivity contribution in [1.29, 1.82) is 0 Å². The fourth-order valence-corrected chi connectivity index (χ4v) is 2.46. The summed E-state index contributed by atoms with van der Waals surface area (Å²) in [4.78, 5) is 0. The van der Waals surface area contributed by atoms with E-state index in [0.717, 1.165) is 12.8 Å². The first kappa shape index (κ1) is 28.1. The van der Waals surface area contributed by atoms with Gasteiger partial charge in [0.1, 0.15) is 0 Å². The molecule has 0 saturated heterocycles. The van der Waals surface area contributed by atoms with E-state index in [1.165, 1.54) is 60.8 Å². The molecule has 0 aromatic rings. The summed E-state index contributed by atoms with van der Waals surface area (Å²) >= 11 is 0. The zero-order chi connectivity index (χ0) is 14.8. The zero-order valence-corrected chi connectivity index (χ0v) is 18.1. The van der Waals surface area contributed by atoms with Crippen LogP contribution in [0.1, 0.15) is 79.1 Å². The molecule has 0 aliphatic heterocycles. The Morgan fingerprint density at radius 1 is 0.783 bits per heavy atom. The van der Waals surface area contributed by atoms with Crippen LogP contribution < -0.4 is 24.8 Å². The molecular weight excluding hydrogens is 359 g/mol. The Kier molecular flexibility index (Phi) is 20.9. The Morgan fingerprint density at radius 3 is 1.35 bits per heavy atom. The van der Waals surface area contributed by atoms with E-state index < -0.39 is 0 Å². The number of allylic oxidation sites excluding steroid dienone is 8. The molecule has 2 rings (SSSR count). The molecular formula is C20H30Cl2Ti. The predicted molar refractivity (Wildman–Crippen MR) is 89.3 cm³/mol. The summed E-state index contributed by atoms with van der Waals surface area (Å²) in [6, 6.07) is 0. The first-order chi connectivity index (χ1) is 9.69. The normalized spacial score (nSPS) is 14.8. The minimum atomic E-state index is 0. The Labute approximate surface area is 171 Å². The molecule has 0 atom stereocenters. The van der Waals surface area contributed by atoms with Crippen molar-refractivity contribution in [2.75, 3.05) is 0 Å². The molecule has 0 saturated carbocycles. The summed E-state index contributed by atoms with van der Waals surface area (Å²) in [5, 5.41) is 0. The van der Waals surface area contributed by atoms with Crippen LogP contribution in [0.3, 0.4) is 0 Å². The standard InChI is InChI=1S/2C10H15.2ClH.Ti/c2*1-3-4-7-10-8-5-6-9(10)2;;;/h2*6H,3-5,7H2,1-2H3;2*1H;/q2*-1;;;+4/p-2. The van der Waals surface area contributed by atoms with Gasteiger partial charge in [0.25, 0.3) is 0 Å². The van der Waals surface area contributed by atoms with Crippen LogP contribution in [-0.4, -0.2) is 0 Å². The SMILES string of the molecule is CCCCC1=[C-]CC=C1C.CCCCC1=[C-]CC=C1C.[Cl-].[Cl-].[Ti+4]. The summed E-state index contributed by atoms with van der Waals surface area (Å²) < 4.78 is 0. The molecule has 0 spiro atoms. The third-order valence-corrected chi connectivity index (χ3v) is 3.96. The van der Waals surface area contributed by atoms with Gasteiger partial charge in [0.2, 0.25) is 0 Å². The van der Waals surface area contributed by atoms with Crippen LogP contribution in [0.2, 0.25) is 0 Å². The van der Waals surface area contributed by atoms with Gasteiger partial charge in [0.05, 0.1) is 0 Å². The topological polar surface area (TPSA) is 0 Å². The van der Waals surface area contributed by atoms with E-state index >= 15 is 0 Å². The predicted octanol–water partition coefficient (Wildman–Crippen LogP) is 0.518. The molecule has 0 fully saturated rings. The fraction of sp³-hybridized carbons (Fsp3) is 0.600. The molecule has 0 radical (unpaired) electrons. The number of hydrogen-bond donors (Lipinski definition) is 0. The second-order valence-corrected chi connectivity index (χ2v) is 5.70. The van der Waals surface area contributed by atoms with Gasteiger partial charge >= 0.3 is 21.7 Å². The van der Waals surface area contributed by atoms with Crippen LogP contribution >= 0.6 is 0 Å². The monoisotopic (exact) mass is 388 g/mol. The van der Waals surface area contributed by atoms with Crippen molar-refractivity contribution >= 4 is 0 Å². The molecule has 0 unspecified atom stereocenters. The van der Waals surface area contributed by atoms with Gasteiger partial charge in [-0.05, 0) is 0 Å². The minimum Gasteiger partial charge on any atom is -1.00 e. The summed E-state index contributed by atoms with van der Waals surface area (Å²) in [7, 11) is 0. The van der Waals surface area contributed by atoms with Crippen molar-refractivity contribution in [3.05, 3.63) is 46.6 Å². The molecule has 0 nitrogen and oxygen atoms in total. The summed E-state index contributed by atoms with van der Waals surface area (Å²) in [5.74, 6) is 0. The first-order valence-electron chi connectivity index (χ1n) is 8.22. The Hall–Kier alpha value is 0.254. The van der Waals surface area contributed by atoms with Crippen molar-refractivity contribution in [2.45, 2.75) is 79.1 Å². The van der Waals surface area contributed by atoms with E-state index in [1.807, 2.05) is 0 Å². The van der Waals surface area contributed by atoms with E-state index in [-0.39, 0.29) is 46.5 Å². The Balaban J connectivity index is -0.000000308. The van der Waals surface area contributed by atoms with Crippen molar-refractivity contribution < 1.29 is 46.5 Å². The molecule has 128 valence electrons. The molecule has 23 heavy (non-hydrogen) atoms. The third-order valence-electron chi connectivity index (χ3n) is 3.96. The molecule has 3 heteroatoms. The quantitative estimate of drug-likeness (QED) is 0.459. The maximum atomic E-state index is 3.37. The number of halogens is 2. The molecule has 0 N–H and O–H groups in total. The third kappa shape index (κ3) is 11.4. The van der Waals surface area contributed by atoms with Gasteiger partial charge < -0.3 is 24.8 Å². The fourth-order valence-electron chi connectivity index (χ4n) is 2.46. The summed E-state index contributed by atoms with van der Waals surface area (Å²) in [6.45, 7) is 8.83. The number of hydrogen-bond acceptors (Lipinski definition) is 0. The van der Waals surface area contributed by atoms with Crippen molar-refractivity contribution in [3.8, 4) is 0 Å². The van der Waals surface area contributed by atoms with Gasteiger partial charge in [0.15, 0.2) is 0 Å². The van der Waals surface area contributed by atoms with E-state index in [1.54, 1.807) is 0 Å². The second-order valence-electron chi connectivity index (χ2n) is 5.70. The van der Waals surface area contributed by atoms with Gasteiger partial charge in [-0.25, -0.2) is 22.3 Å². The van der Waals surface area contributed by atoms with E-state index in [9.17, 15) is 0 Å². The maximum Gasteiger partial charge on any atom is 4.00 e. The van der Waals surface area contributed by atoms with Crippen LogP contribution in [-0.2, 0) is 21.7 Å². The van der Waals surface area contributed by atoms with Gasteiger partial charge in [-0.15, -0.1) is 26.7 Å². The second kappa shape index (κ2) is 17.1. The average molecular weight is 389 g/mol. The first-order valence-corrected chi connectivity index (χ1v) is 8.22.